The summed E-state index contributed by atoms with van der Waals surface area (Å²) in [5.41, 5.74) is 1.22. The Hall–Kier alpha value is -1.69. The van der Waals surface area contributed by atoms with Crippen LogP contribution in [0.25, 0.3) is 0 Å². The maximum absolute atomic E-state index is 12.7. The first-order valence-electron chi connectivity index (χ1n) is 8.75. The lowest BCUT2D eigenvalue weighted by Crippen LogP contribution is -2.24. The normalized spacial score (nSPS) is 11.7. The molecule has 4 nitrogen and oxygen atoms in total. The van der Waals surface area contributed by atoms with Gasteiger partial charge in [0.15, 0.2) is 0 Å². The summed E-state index contributed by atoms with van der Waals surface area (Å²) >= 11 is 13.5. The topological polar surface area (TPSA) is 58.2 Å². The number of nitrogens with one attached hydrogen (secondary N) is 2. The van der Waals surface area contributed by atoms with E-state index in [1.807, 2.05) is 38.1 Å². The molecule has 0 saturated heterocycles. The molecular weight excluding hydrogens is 403 g/mol. The summed E-state index contributed by atoms with van der Waals surface area (Å²) in [6.07, 6.45) is 1.92. The fourth-order valence-corrected chi connectivity index (χ4v) is 3.74. The summed E-state index contributed by atoms with van der Waals surface area (Å²) in [6.45, 7) is 3.91. The van der Waals surface area contributed by atoms with Crippen LogP contribution >= 0.6 is 35.0 Å². The molecule has 0 radical (unpaired) electrons. The van der Waals surface area contributed by atoms with Crippen molar-refractivity contribution in [1.82, 2.24) is 0 Å². The zero-order valence-corrected chi connectivity index (χ0v) is 17.5. The van der Waals surface area contributed by atoms with Crippen LogP contribution in [-0.2, 0) is 9.59 Å². The summed E-state index contributed by atoms with van der Waals surface area (Å²) < 4.78 is 0. The second-order valence-corrected chi connectivity index (χ2v) is 8.07. The van der Waals surface area contributed by atoms with Crippen LogP contribution in [0, 0.1) is 0 Å². The summed E-state index contributed by atoms with van der Waals surface area (Å²) in [7, 11) is 0. The number of hydrogen-bond acceptors (Lipinski definition) is 3. The first-order valence-corrected chi connectivity index (χ1v) is 10.4. The number of thioether (sulfide) groups is 1. The molecular formula is C20H22Cl2N2O2S. The zero-order chi connectivity index (χ0) is 19.8. The highest BCUT2D eigenvalue weighted by Crippen LogP contribution is 2.30. The molecule has 0 fully saturated rings. The second-order valence-electron chi connectivity index (χ2n) is 5.95. The van der Waals surface area contributed by atoms with Crippen LogP contribution < -0.4 is 10.6 Å². The van der Waals surface area contributed by atoms with E-state index in [0.717, 1.165) is 17.0 Å². The number of benzene rings is 2. The van der Waals surface area contributed by atoms with Crippen molar-refractivity contribution in [3.8, 4) is 0 Å². The molecule has 1 atom stereocenters. The van der Waals surface area contributed by atoms with Gasteiger partial charge in [-0.3, -0.25) is 9.59 Å². The van der Waals surface area contributed by atoms with Gasteiger partial charge in [0.1, 0.15) is 0 Å². The van der Waals surface area contributed by atoms with Crippen molar-refractivity contribution >= 4 is 58.2 Å². The minimum atomic E-state index is -0.304. The van der Waals surface area contributed by atoms with E-state index in [2.05, 4.69) is 10.6 Å². The van der Waals surface area contributed by atoms with E-state index in [1.54, 1.807) is 18.2 Å². The number of rotatable bonds is 8. The number of amides is 2. The molecule has 0 spiro atoms. The molecule has 7 heteroatoms. The highest BCUT2D eigenvalue weighted by molar-refractivity contribution is 8.00. The van der Waals surface area contributed by atoms with E-state index in [4.69, 9.17) is 23.2 Å². The molecule has 2 amide bonds. The molecule has 0 aliphatic rings. The van der Waals surface area contributed by atoms with Crippen molar-refractivity contribution in [1.29, 1.82) is 0 Å². The summed E-state index contributed by atoms with van der Waals surface area (Å²) in [5, 5.41) is 6.35. The van der Waals surface area contributed by atoms with Crippen molar-refractivity contribution < 1.29 is 9.59 Å². The minimum Gasteiger partial charge on any atom is -0.326 e. The molecule has 2 rings (SSSR count). The molecule has 0 heterocycles. The van der Waals surface area contributed by atoms with Gasteiger partial charge in [-0.25, -0.2) is 0 Å². The van der Waals surface area contributed by atoms with E-state index >= 15 is 0 Å². The van der Waals surface area contributed by atoms with E-state index in [1.165, 1.54) is 11.8 Å². The van der Waals surface area contributed by atoms with Gasteiger partial charge in [-0.1, -0.05) is 43.1 Å². The molecule has 27 heavy (non-hydrogen) atoms. The molecule has 2 N–H and O–H groups in total. The Labute approximate surface area is 174 Å². The first-order chi connectivity index (χ1) is 12.9. The first kappa shape index (κ1) is 21.6. The smallest absolute Gasteiger partial charge is 0.237 e. The summed E-state index contributed by atoms with van der Waals surface area (Å²) in [5.74, 6) is -0.160. The van der Waals surface area contributed by atoms with Crippen molar-refractivity contribution in [3.63, 3.8) is 0 Å². The third-order valence-corrected chi connectivity index (χ3v) is 5.65. The Morgan fingerprint density at radius 1 is 1.07 bits per heavy atom. The maximum Gasteiger partial charge on any atom is 0.237 e. The van der Waals surface area contributed by atoms with Gasteiger partial charge in [-0.15, -0.1) is 11.8 Å². The third-order valence-electron chi connectivity index (χ3n) is 3.72. The van der Waals surface area contributed by atoms with Gasteiger partial charge in [0, 0.05) is 22.0 Å². The highest BCUT2D eigenvalue weighted by Gasteiger charge is 2.19. The number of anilines is 2. The Morgan fingerprint density at radius 2 is 1.85 bits per heavy atom. The van der Waals surface area contributed by atoms with Crippen molar-refractivity contribution in [2.75, 3.05) is 10.6 Å². The van der Waals surface area contributed by atoms with Crippen LogP contribution in [0.5, 0.6) is 0 Å². The summed E-state index contributed by atoms with van der Waals surface area (Å²) in [6, 6.07) is 12.4. The van der Waals surface area contributed by atoms with Gasteiger partial charge in [-0.05, 0) is 49.2 Å². The molecule has 0 aromatic heterocycles. The van der Waals surface area contributed by atoms with Crippen LogP contribution in [0.15, 0.2) is 47.4 Å². The fraction of sp³-hybridized carbons (Fsp3) is 0.300. The van der Waals surface area contributed by atoms with Gasteiger partial charge in [0.25, 0.3) is 0 Å². The molecule has 0 bridgehead atoms. The molecule has 0 saturated carbocycles. The van der Waals surface area contributed by atoms with Crippen LogP contribution in [0.2, 0.25) is 10.0 Å². The van der Waals surface area contributed by atoms with Gasteiger partial charge in [0.2, 0.25) is 11.8 Å². The fourth-order valence-electron chi connectivity index (χ4n) is 2.39. The highest BCUT2D eigenvalue weighted by atomic mass is 35.5. The zero-order valence-electron chi connectivity index (χ0n) is 15.2. The predicted molar refractivity (Wildman–Crippen MR) is 115 cm³/mol. The van der Waals surface area contributed by atoms with Crippen LogP contribution in [0.1, 0.15) is 33.1 Å². The van der Waals surface area contributed by atoms with Gasteiger partial charge in [-0.2, -0.15) is 0 Å². The molecule has 0 aliphatic carbocycles. The lowest BCUT2D eigenvalue weighted by Gasteiger charge is -2.16. The average molecular weight is 425 g/mol. The van der Waals surface area contributed by atoms with Gasteiger partial charge in [0.05, 0.1) is 16.0 Å². The average Bonchev–Trinajstić information content (AvgIpc) is 2.63. The lowest BCUT2D eigenvalue weighted by atomic mass is 10.2. The quantitative estimate of drug-likeness (QED) is 0.492. The minimum absolute atomic E-state index is 0.0139. The van der Waals surface area contributed by atoms with Gasteiger partial charge < -0.3 is 10.6 Å². The van der Waals surface area contributed by atoms with Crippen LogP contribution in [0.4, 0.5) is 11.4 Å². The SMILES string of the molecule is CCCC(=O)Nc1cccc(SC(CC)C(=O)Nc2cc(Cl)ccc2Cl)c1. The van der Waals surface area contributed by atoms with Crippen molar-refractivity contribution in [2.24, 2.45) is 0 Å². The monoisotopic (exact) mass is 424 g/mol. The Kier molecular flexibility index (Phi) is 8.48. The Morgan fingerprint density at radius 3 is 2.56 bits per heavy atom. The van der Waals surface area contributed by atoms with Crippen LogP contribution in [-0.4, -0.2) is 17.1 Å². The van der Waals surface area contributed by atoms with Crippen molar-refractivity contribution in [3.05, 3.63) is 52.5 Å². The maximum atomic E-state index is 12.7. The number of hydrogen-bond donors (Lipinski definition) is 2. The summed E-state index contributed by atoms with van der Waals surface area (Å²) in [4.78, 5) is 25.3. The standard InChI is InChI=1S/C20H22Cl2N2O2S/c1-3-6-19(25)23-14-7-5-8-15(12-14)27-18(4-2)20(26)24-17-11-13(21)9-10-16(17)22/h5,7-12,18H,3-4,6H2,1-2H3,(H,23,25)(H,24,26). The van der Waals surface area contributed by atoms with E-state index < -0.39 is 0 Å². The van der Waals surface area contributed by atoms with E-state index in [0.29, 0.717) is 28.6 Å². The van der Waals surface area contributed by atoms with Crippen LogP contribution in [0.3, 0.4) is 0 Å². The molecule has 2 aromatic carbocycles. The molecule has 0 aliphatic heterocycles. The predicted octanol–water partition coefficient (Wildman–Crippen LogP) is 6.24. The number of carbonyl (C=O) groups excluding carboxylic acids is 2. The second kappa shape index (κ2) is 10.6. The molecule has 2 aromatic rings. The van der Waals surface area contributed by atoms with E-state index in [-0.39, 0.29) is 17.1 Å². The van der Waals surface area contributed by atoms with E-state index in [9.17, 15) is 9.59 Å². The third kappa shape index (κ3) is 6.76. The van der Waals surface area contributed by atoms with Crippen molar-refractivity contribution in [2.45, 2.75) is 43.3 Å². The Bertz CT molecular complexity index is 814. The largest absolute Gasteiger partial charge is 0.326 e. The molecule has 144 valence electrons. The lowest BCUT2D eigenvalue weighted by molar-refractivity contribution is -0.116. The number of halogens is 2. The number of carbonyl (C=O) groups is 2. The molecule has 1 unspecified atom stereocenters. The van der Waals surface area contributed by atoms with Gasteiger partial charge >= 0.3 is 0 Å². The Balaban J connectivity index is 2.06.